The molecule has 2 aromatic rings. The number of hydrogen-bond donors (Lipinski definition) is 0. The lowest BCUT2D eigenvalue weighted by atomic mass is 9.93. The number of likely N-dealkylation sites (tertiary alicyclic amines) is 2. The Morgan fingerprint density at radius 3 is 2.35 bits per heavy atom. The second-order valence-corrected chi connectivity index (χ2v) is 12.3. The molecule has 210 valence electrons. The molecular weight excluding hydrogens is 554 g/mol. The van der Waals surface area contributed by atoms with Crippen molar-refractivity contribution >= 4 is 40.9 Å². The fourth-order valence-corrected chi connectivity index (χ4v) is 6.21. The molecule has 5 rings (SSSR count). The molecule has 0 N–H and O–H groups in total. The van der Waals surface area contributed by atoms with Gasteiger partial charge >= 0.3 is 0 Å². The molecule has 2 heterocycles. The van der Waals surface area contributed by atoms with Gasteiger partial charge in [-0.2, -0.15) is 5.26 Å². The number of carbonyl (C=O) groups is 3. The van der Waals surface area contributed by atoms with Gasteiger partial charge in [0.05, 0.1) is 21.7 Å². The highest BCUT2D eigenvalue weighted by molar-refractivity contribution is 6.42. The van der Waals surface area contributed by atoms with Gasteiger partial charge in [-0.3, -0.25) is 14.4 Å². The largest absolute Gasteiger partial charge is 0.342 e. The number of piperidine rings is 1. The van der Waals surface area contributed by atoms with Crippen molar-refractivity contribution in [2.45, 2.75) is 44.6 Å². The second-order valence-electron chi connectivity index (χ2n) is 11.4. The smallest absolute Gasteiger partial charge is 0.253 e. The number of halogens is 3. The van der Waals surface area contributed by atoms with Crippen LogP contribution in [-0.4, -0.2) is 71.7 Å². The standard InChI is InChI=1S/C30H31Cl2FN4O3/c1-30(9-10-30)29(40)36-11-7-18(8-12-36)28(39)37-16-22(19-3-5-23(31)24(32)14-19)26(17-37)35(2)27(38)20-4-6-25(33)21(13-20)15-34/h3-6,13-14,18,22,26H,7-12,16-17H2,1-2H3. The Kier molecular flexibility index (Phi) is 7.82. The first-order valence-corrected chi connectivity index (χ1v) is 14.3. The van der Waals surface area contributed by atoms with E-state index in [9.17, 15) is 24.0 Å². The lowest BCUT2D eigenvalue weighted by Crippen LogP contribution is -2.46. The van der Waals surface area contributed by atoms with Crippen LogP contribution in [0.4, 0.5) is 4.39 Å². The minimum atomic E-state index is -0.688. The zero-order valence-electron chi connectivity index (χ0n) is 22.5. The fourth-order valence-electron chi connectivity index (χ4n) is 5.90. The average molecular weight is 586 g/mol. The number of amides is 3. The third-order valence-corrected chi connectivity index (χ3v) is 9.51. The number of carbonyl (C=O) groups excluding carboxylic acids is 3. The van der Waals surface area contributed by atoms with E-state index in [2.05, 4.69) is 0 Å². The van der Waals surface area contributed by atoms with Crippen LogP contribution in [0.1, 0.15) is 60.0 Å². The Bertz CT molecular complexity index is 1400. The summed E-state index contributed by atoms with van der Waals surface area (Å²) in [5, 5.41) is 10.0. The zero-order valence-corrected chi connectivity index (χ0v) is 24.0. The molecule has 7 nitrogen and oxygen atoms in total. The van der Waals surface area contributed by atoms with E-state index in [-0.39, 0.29) is 52.1 Å². The molecule has 2 atom stereocenters. The summed E-state index contributed by atoms with van der Waals surface area (Å²) in [6.07, 6.45) is 3.08. The Morgan fingerprint density at radius 2 is 1.73 bits per heavy atom. The quantitative estimate of drug-likeness (QED) is 0.489. The van der Waals surface area contributed by atoms with E-state index in [1.807, 2.05) is 17.9 Å². The van der Waals surface area contributed by atoms with E-state index in [0.717, 1.165) is 24.5 Å². The van der Waals surface area contributed by atoms with Crippen LogP contribution in [-0.2, 0) is 9.59 Å². The highest BCUT2D eigenvalue weighted by atomic mass is 35.5. The summed E-state index contributed by atoms with van der Waals surface area (Å²) in [6, 6.07) is 10.4. The fraction of sp³-hybridized carbons (Fsp3) is 0.467. The van der Waals surface area contributed by atoms with Crippen LogP contribution in [0.15, 0.2) is 36.4 Å². The average Bonchev–Trinajstić information content (AvgIpc) is 3.56. The first-order valence-electron chi connectivity index (χ1n) is 13.5. The van der Waals surface area contributed by atoms with Crippen molar-refractivity contribution in [1.82, 2.24) is 14.7 Å². The minimum absolute atomic E-state index is 0.0201. The molecule has 40 heavy (non-hydrogen) atoms. The van der Waals surface area contributed by atoms with Gasteiger partial charge in [-0.25, -0.2) is 4.39 Å². The molecular formula is C30H31Cl2FN4O3. The van der Waals surface area contributed by atoms with Crippen LogP contribution < -0.4 is 0 Å². The molecule has 0 aromatic heterocycles. The lowest BCUT2D eigenvalue weighted by molar-refractivity contribution is -0.142. The maximum Gasteiger partial charge on any atom is 0.253 e. The summed E-state index contributed by atoms with van der Waals surface area (Å²) in [4.78, 5) is 45.2. The Balaban J connectivity index is 1.35. The highest BCUT2D eigenvalue weighted by Gasteiger charge is 2.48. The molecule has 1 aliphatic carbocycles. The van der Waals surface area contributed by atoms with Gasteiger partial charge in [-0.15, -0.1) is 0 Å². The van der Waals surface area contributed by atoms with Crippen molar-refractivity contribution < 1.29 is 18.8 Å². The second kappa shape index (κ2) is 11.0. The van der Waals surface area contributed by atoms with Crippen LogP contribution in [0.5, 0.6) is 0 Å². The van der Waals surface area contributed by atoms with Gasteiger partial charge in [0.25, 0.3) is 5.91 Å². The number of benzene rings is 2. The lowest BCUT2D eigenvalue weighted by Gasteiger charge is -2.34. The van der Waals surface area contributed by atoms with Crippen molar-refractivity contribution in [2.75, 3.05) is 33.2 Å². The van der Waals surface area contributed by atoms with Crippen molar-refractivity contribution in [3.63, 3.8) is 0 Å². The molecule has 2 unspecified atom stereocenters. The molecule has 0 bridgehead atoms. The maximum absolute atomic E-state index is 13.9. The SMILES string of the molecule is CN(C(=O)c1ccc(F)c(C#N)c1)C1CN(C(=O)C2CCN(C(=O)C3(C)CC3)CC2)CC1c1ccc(Cl)c(Cl)c1. The van der Waals surface area contributed by atoms with Crippen molar-refractivity contribution in [3.8, 4) is 6.07 Å². The molecule has 3 aliphatic rings. The monoisotopic (exact) mass is 584 g/mol. The van der Waals surface area contributed by atoms with Crippen LogP contribution in [0.25, 0.3) is 0 Å². The Hall–Kier alpha value is -3.15. The van der Waals surface area contributed by atoms with E-state index in [1.165, 1.54) is 12.1 Å². The third-order valence-electron chi connectivity index (χ3n) is 8.77. The topological polar surface area (TPSA) is 84.7 Å². The molecule has 2 saturated heterocycles. The van der Waals surface area contributed by atoms with Gasteiger partial charge in [-0.1, -0.05) is 36.2 Å². The van der Waals surface area contributed by atoms with E-state index < -0.39 is 5.82 Å². The van der Waals surface area contributed by atoms with Gasteiger partial charge < -0.3 is 14.7 Å². The zero-order chi connectivity index (χ0) is 28.8. The number of rotatable bonds is 5. The van der Waals surface area contributed by atoms with E-state index in [4.69, 9.17) is 23.2 Å². The first-order chi connectivity index (χ1) is 19.0. The normalized spacial score (nSPS) is 22.1. The molecule has 3 fully saturated rings. The molecule has 0 spiro atoms. The summed E-state index contributed by atoms with van der Waals surface area (Å²) in [5.41, 5.74) is 0.620. The predicted molar refractivity (Wildman–Crippen MR) is 149 cm³/mol. The van der Waals surface area contributed by atoms with Gasteiger partial charge in [0, 0.05) is 56.0 Å². The van der Waals surface area contributed by atoms with Crippen LogP contribution >= 0.6 is 23.2 Å². The predicted octanol–water partition coefficient (Wildman–Crippen LogP) is 5.11. The first kappa shape index (κ1) is 28.4. The molecule has 0 radical (unpaired) electrons. The van der Waals surface area contributed by atoms with E-state index >= 15 is 0 Å². The van der Waals surface area contributed by atoms with Crippen LogP contribution in [0, 0.1) is 28.5 Å². The van der Waals surface area contributed by atoms with Crippen molar-refractivity contribution in [1.29, 1.82) is 5.26 Å². The number of nitriles is 1. The van der Waals surface area contributed by atoms with Gasteiger partial charge in [-0.05, 0) is 61.6 Å². The Morgan fingerprint density at radius 1 is 1.02 bits per heavy atom. The van der Waals surface area contributed by atoms with Gasteiger partial charge in [0.1, 0.15) is 11.9 Å². The van der Waals surface area contributed by atoms with Gasteiger partial charge in [0.2, 0.25) is 11.8 Å². The van der Waals surface area contributed by atoms with Gasteiger partial charge in [0.15, 0.2) is 0 Å². The van der Waals surface area contributed by atoms with Crippen molar-refractivity contribution in [2.24, 2.45) is 11.3 Å². The number of nitrogens with zero attached hydrogens (tertiary/aromatic N) is 4. The third kappa shape index (κ3) is 5.42. The van der Waals surface area contributed by atoms with E-state index in [0.29, 0.717) is 49.1 Å². The summed E-state index contributed by atoms with van der Waals surface area (Å²) in [5.74, 6) is -1.28. The van der Waals surface area contributed by atoms with Crippen LogP contribution in [0.3, 0.4) is 0 Å². The Labute approximate surface area is 243 Å². The summed E-state index contributed by atoms with van der Waals surface area (Å²) in [6.45, 7) is 3.86. The molecule has 2 aliphatic heterocycles. The summed E-state index contributed by atoms with van der Waals surface area (Å²) < 4.78 is 13.9. The minimum Gasteiger partial charge on any atom is -0.342 e. The van der Waals surface area contributed by atoms with Crippen LogP contribution in [0.2, 0.25) is 10.0 Å². The summed E-state index contributed by atoms with van der Waals surface area (Å²) >= 11 is 12.5. The van der Waals surface area contributed by atoms with Crippen molar-refractivity contribution in [3.05, 3.63) is 69.0 Å². The van der Waals surface area contributed by atoms with E-state index in [1.54, 1.807) is 35.0 Å². The number of likely N-dealkylation sites (N-methyl/N-ethyl adjacent to an activating group) is 1. The molecule has 3 amide bonds. The highest BCUT2D eigenvalue weighted by Crippen LogP contribution is 2.47. The molecule has 10 heteroatoms. The number of hydrogen-bond acceptors (Lipinski definition) is 4. The maximum atomic E-state index is 13.9. The molecule has 1 saturated carbocycles. The molecule has 2 aromatic carbocycles. The summed E-state index contributed by atoms with van der Waals surface area (Å²) in [7, 11) is 1.66.